The van der Waals surface area contributed by atoms with Gasteiger partial charge in [0.05, 0.1) is 13.2 Å². The molecule has 1 aliphatic heterocycles. The molecule has 0 radical (unpaired) electrons. The highest BCUT2D eigenvalue weighted by Gasteiger charge is 2.33. The Bertz CT molecular complexity index is 755. The summed E-state index contributed by atoms with van der Waals surface area (Å²) in [5.41, 5.74) is 0.537. The number of ether oxygens (including phenoxy) is 2. The standard InChI is InChI=1S/C18H20N2O4S/c1-5-9-20-17(22)13(16(21)19-18(20)25)10-12-7-6-8-14(23-4)15(12)24-11(2)3/h5-8,10-11H,1,9H2,2-4H3,(H,19,21,25)/b13-10+. The topological polar surface area (TPSA) is 67.9 Å². The van der Waals surface area contributed by atoms with Gasteiger partial charge in [-0.25, -0.2) is 0 Å². The van der Waals surface area contributed by atoms with Crippen LogP contribution in [0, 0.1) is 0 Å². The quantitative estimate of drug-likeness (QED) is 0.365. The number of para-hydroxylation sites is 1. The molecule has 0 atom stereocenters. The van der Waals surface area contributed by atoms with Gasteiger partial charge in [0.25, 0.3) is 11.8 Å². The van der Waals surface area contributed by atoms with Crippen LogP contribution in [0.1, 0.15) is 19.4 Å². The van der Waals surface area contributed by atoms with E-state index in [0.29, 0.717) is 17.1 Å². The predicted molar refractivity (Wildman–Crippen MR) is 99.4 cm³/mol. The first-order chi connectivity index (χ1) is 11.9. The second-order valence-electron chi connectivity index (χ2n) is 5.57. The van der Waals surface area contributed by atoms with E-state index in [0.717, 1.165) is 0 Å². The molecule has 1 heterocycles. The Morgan fingerprint density at radius 3 is 2.68 bits per heavy atom. The van der Waals surface area contributed by atoms with E-state index >= 15 is 0 Å². The number of hydrogen-bond donors (Lipinski definition) is 1. The maximum atomic E-state index is 12.6. The average Bonchev–Trinajstić information content (AvgIpc) is 2.56. The van der Waals surface area contributed by atoms with Crippen LogP contribution in [-0.4, -0.2) is 41.6 Å². The summed E-state index contributed by atoms with van der Waals surface area (Å²) in [6.07, 6.45) is 2.92. The van der Waals surface area contributed by atoms with Crippen molar-refractivity contribution in [1.82, 2.24) is 10.2 Å². The number of rotatable bonds is 6. The van der Waals surface area contributed by atoms with Gasteiger partial charge in [-0.3, -0.25) is 19.8 Å². The number of methoxy groups -OCH3 is 1. The first-order valence-electron chi connectivity index (χ1n) is 7.72. The van der Waals surface area contributed by atoms with Gasteiger partial charge < -0.3 is 9.47 Å². The molecule has 0 bridgehead atoms. The fourth-order valence-electron chi connectivity index (χ4n) is 2.31. The zero-order chi connectivity index (χ0) is 18.6. The van der Waals surface area contributed by atoms with Crippen LogP contribution in [-0.2, 0) is 9.59 Å². The summed E-state index contributed by atoms with van der Waals surface area (Å²) in [6, 6.07) is 5.26. The number of benzene rings is 1. The number of hydrogen-bond acceptors (Lipinski definition) is 5. The number of nitrogens with one attached hydrogen (secondary N) is 1. The second-order valence-corrected chi connectivity index (χ2v) is 5.95. The maximum absolute atomic E-state index is 12.6. The number of thiocarbonyl (C=S) groups is 1. The lowest BCUT2D eigenvalue weighted by molar-refractivity contribution is -0.128. The molecule has 0 aliphatic carbocycles. The van der Waals surface area contributed by atoms with Gasteiger partial charge in [0.15, 0.2) is 16.6 Å². The molecule has 1 saturated heterocycles. The Kier molecular flexibility index (Phi) is 5.93. The summed E-state index contributed by atoms with van der Waals surface area (Å²) in [7, 11) is 1.53. The Balaban J connectivity index is 2.51. The van der Waals surface area contributed by atoms with Gasteiger partial charge >= 0.3 is 0 Å². The van der Waals surface area contributed by atoms with Crippen molar-refractivity contribution in [1.29, 1.82) is 0 Å². The summed E-state index contributed by atoms with van der Waals surface area (Å²) in [5.74, 6) is -0.0395. The number of carbonyl (C=O) groups is 2. The molecule has 6 nitrogen and oxygen atoms in total. The SMILES string of the molecule is C=CCN1C(=O)/C(=C/c2cccc(OC)c2OC(C)C)C(=O)NC1=S. The normalized spacial score (nSPS) is 16.2. The third kappa shape index (κ3) is 4.06. The van der Waals surface area contributed by atoms with Gasteiger partial charge in [-0.1, -0.05) is 18.2 Å². The Morgan fingerprint density at radius 2 is 2.08 bits per heavy atom. The zero-order valence-corrected chi connectivity index (χ0v) is 15.2. The number of nitrogens with zero attached hydrogens (tertiary/aromatic N) is 1. The van der Waals surface area contributed by atoms with E-state index in [4.69, 9.17) is 21.7 Å². The van der Waals surface area contributed by atoms with Crippen LogP contribution in [0.25, 0.3) is 6.08 Å². The Morgan fingerprint density at radius 1 is 1.36 bits per heavy atom. The fraction of sp³-hybridized carbons (Fsp3) is 0.278. The molecule has 1 aliphatic rings. The minimum Gasteiger partial charge on any atom is -0.493 e. The summed E-state index contributed by atoms with van der Waals surface area (Å²) >= 11 is 5.04. The molecule has 2 amide bonds. The lowest BCUT2D eigenvalue weighted by Crippen LogP contribution is -2.53. The third-order valence-electron chi connectivity index (χ3n) is 3.38. The van der Waals surface area contributed by atoms with Crippen LogP contribution in [0.2, 0.25) is 0 Å². The minimum atomic E-state index is -0.548. The van der Waals surface area contributed by atoms with Gasteiger partial charge in [-0.15, -0.1) is 6.58 Å². The van der Waals surface area contributed by atoms with Crippen LogP contribution in [0.3, 0.4) is 0 Å². The van der Waals surface area contributed by atoms with Crippen LogP contribution in [0.5, 0.6) is 11.5 Å². The van der Waals surface area contributed by atoms with Crippen molar-refractivity contribution in [3.05, 3.63) is 42.0 Å². The van der Waals surface area contributed by atoms with Crippen LogP contribution in [0.4, 0.5) is 0 Å². The lowest BCUT2D eigenvalue weighted by Gasteiger charge is -2.28. The molecule has 0 saturated carbocycles. The molecule has 0 spiro atoms. The van der Waals surface area contributed by atoms with Crippen molar-refractivity contribution in [2.75, 3.05) is 13.7 Å². The molecule has 0 aromatic heterocycles. The Hall–Kier alpha value is -2.67. The monoisotopic (exact) mass is 360 g/mol. The highest BCUT2D eigenvalue weighted by Crippen LogP contribution is 2.33. The summed E-state index contributed by atoms with van der Waals surface area (Å²) < 4.78 is 11.1. The molecule has 0 unspecified atom stereocenters. The van der Waals surface area contributed by atoms with Crippen molar-refractivity contribution in [2.45, 2.75) is 20.0 Å². The molecule has 1 N–H and O–H groups in total. The molecular formula is C18H20N2O4S. The van der Waals surface area contributed by atoms with E-state index < -0.39 is 11.8 Å². The van der Waals surface area contributed by atoms with E-state index in [1.165, 1.54) is 24.2 Å². The van der Waals surface area contributed by atoms with Crippen molar-refractivity contribution >= 4 is 35.2 Å². The second kappa shape index (κ2) is 7.94. The lowest BCUT2D eigenvalue weighted by atomic mass is 10.1. The predicted octanol–water partition coefficient (Wildman–Crippen LogP) is 2.30. The molecule has 25 heavy (non-hydrogen) atoms. The maximum Gasteiger partial charge on any atom is 0.265 e. The molecule has 7 heteroatoms. The molecule has 2 rings (SSSR count). The van der Waals surface area contributed by atoms with Gasteiger partial charge in [-0.2, -0.15) is 0 Å². The largest absolute Gasteiger partial charge is 0.493 e. The van der Waals surface area contributed by atoms with Crippen molar-refractivity contribution in [2.24, 2.45) is 0 Å². The van der Waals surface area contributed by atoms with E-state index in [9.17, 15) is 9.59 Å². The smallest absolute Gasteiger partial charge is 0.265 e. The van der Waals surface area contributed by atoms with E-state index in [1.807, 2.05) is 13.8 Å². The molecule has 1 aromatic carbocycles. The number of carbonyl (C=O) groups excluding carboxylic acids is 2. The number of amides is 2. The molecule has 1 aromatic rings. The molecular weight excluding hydrogens is 340 g/mol. The van der Waals surface area contributed by atoms with Gasteiger partial charge in [-0.05, 0) is 38.2 Å². The van der Waals surface area contributed by atoms with Crippen molar-refractivity contribution in [3.8, 4) is 11.5 Å². The van der Waals surface area contributed by atoms with E-state index in [2.05, 4.69) is 11.9 Å². The first kappa shape index (κ1) is 18.7. The highest BCUT2D eigenvalue weighted by molar-refractivity contribution is 7.80. The first-order valence-corrected chi connectivity index (χ1v) is 8.13. The van der Waals surface area contributed by atoms with Gasteiger partial charge in [0, 0.05) is 12.1 Å². The molecule has 132 valence electrons. The van der Waals surface area contributed by atoms with Crippen LogP contribution >= 0.6 is 12.2 Å². The summed E-state index contributed by atoms with van der Waals surface area (Å²) in [6.45, 7) is 7.57. The fourth-order valence-corrected chi connectivity index (χ4v) is 2.56. The van der Waals surface area contributed by atoms with E-state index in [1.54, 1.807) is 18.2 Å². The van der Waals surface area contributed by atoms with E-state index in [-0.39, 0.29) is 23.3 Å². The highest BCUT2D eigenvalue weighted by atomic mass is 32.1. The summed E-state index contributed by atoms with van der Waals surface area (Å²) in [4.78, 5) is 26.1. The molecule has 1 fully saturated rings. The minimum absolute atomic E-state index is 0.0303. The van der Waals surface area contributed by atoms with Gasteiger partial charge in [0.1, 0.15) is 5.57 Å². The van der Waals surface area contributed by atoms with Crippen LogP contribution in [0.15, 0.2) is 36.4 Å². The third-order valence-corrected chi connectivity index (χ3v) is 3.70. The zero-order valence-electron chi connectivity index (χ0n) is 14.4. The Labute approximate surface area is 152 Å². The van der Waals surface area contributed by atoms with Gasteiger partial charge in [0.2, 0.25) is 0 Å². The summed E-state index contributed by atoms with van der Waals surface area (Å²) in [5, 5.41) is 2.58. The van der Waals surface area contributed by atoms with Crippen molar-refractivity contribution < 1.29 is 19.1 Å². The van der Waals surface area contributed by atoms with Crippen molar-refractivity contribution in [3.63, 3.8) is 0 Å². The van der Waals surface area contributed by atoms with Crippen LogP contribution < -0.4 is 14.8 Å². The average molecular weight is 360 g/mol.